The van der Waals surface area contributed by atoms with Crippen LogP contribution in [-0.4, -0.2) is 9.97 Å². The SMILES string of the molecule is C1=CCC2C(=C1)C(c1cccc(-c3c(-c4ccccc4)nc(-c4ccccc4)nc3-c3ccccc3)c1)=c1ccccc1=C2c1cccc2c1CCC=C2. The van der Waals surface area contributed by atoms with Crippen molar-refractivity contribution in [2.24, 2.45) is 5.92 Å². The predicted octanol–water partition coefficient (Wildman–Crippen LogP) is 11.0. The van der Waals surface area contributed by atoms with Crippen molar-refractivity contribution in [2.45, 2.75) is 19.3 Å². The summed E-state index contributed by atoms with van der Waals surface area (Å²) in [5.74, 6) is 0.974. The lowest BCUT2D eigenvalue weighted by atomic mass is 9.71. The highest BCUT2D eigenvalue weighted by molar-refractivity contribution is 5.95. The highest BCUT2D eigenvalue weighted by Crippen LogP contribution is 2.44. The Morgan fingerprint density at radius 2 is 1.13 bits per heavy atom. The monoisotopic (exact) mass is 690 g/mol. The number of aromatic nitrogens is 2. The normalized spacial score (nSPS) is 15.6. The van der Waals surface area contributed by atoms with E-state index in [1.807, 2.05) is 6.07 Å². The maximum atomic E-state index is 5.35. The molecule has 3 aliphatic rings. The van der Waals surface area contributed by atoms with Gasteiger partial charge in [0.1, 0.15) is 0 Å². The summed E-state index contributed by atoms with van der Waals surface area (Å²) in [6.07, 6.45) is 14.7. The first-order chi connectivity index (χ1) is 26.8. The maximum Gasteiger partial charge on any atom is 0.160 e. The van der Waals surface area contributed by atoms with Crippen LogP contribution in [0.1, 0.15) is 35.1 Å². The van der Waals surface area contributed by atoms with E-state index < -0.39 is 0 Å². The molecule has 7 aromatic rings. The summed E-state index contributed by atoms with van der Waals surface area (Å²) in [5, 5.41) is 2.62. The van der Waals surface area contributed by atoms with E-state index in [0.717, 1.165) is 58.5 Å². The Kier molecular flexibility index (Phi) is 8.15. The minimum atomic E-state index is 0.259. The topological polar surface area (TPSA) is 25.8 Å². The fourth-order valence-electron chi connectivity index (χ4n) is 8.72. The molecule has 1 unspecified atom stereocenters. The van der Waals surface area contributed by atoms with Gasteiger partial charge in [-0.05, 0) is 80.3 Å². The molecule has 0 spiro atoms. The Morgan fingerprint density at radius 1 is 0.519 bits per heavy atom. The van der Waals surface area contributed by atoms with E-state index in [0.29, 0.717) is 5.82 Å². The smallest absolute Gasteiger partial charge is 0.160 e. The first kappa shape index (κ1) is 32.0. The molecular weight excluding hydrogens is 653 g/mol. The summed E-state index contributed by atoms with van der Waals surface area (Å²) in [5.41, 5.74) is 16.7. The van der Waals surface area contributed by atoms with Crippen LogP contribution in [0.3, 0.4) is 0 Å². The molecule has 0 N–H and O–H groups in total. The van der Waals surface area contributed by atoms with Gasteiger partial charge in [0.05, 0.1) is 11.4 Å². The van der Waals surface area contributed by atoms with Crippen LogP contribution in [-0.2, 0) is 6.42 Å². The van der Waals surface area contributed by atoms with Crippen LogP contribution in [0.5, 0.6) is 0 Å². The molecule has 1 heterocycles. The van der Waals surface area contributed by atoms with Crippen LogP contribution >= 0.6 is 0 Å². The fraction of sp³-hybridized carbons (Fsp3) is 0.0769. The van der Waals surface area contributed by atoms with E-state index in [-0.39, 0.29) is 5.92 Å². The van der Waals surface area contributed by atoms with Gasteiger partial charge in [0.25, 0.3) is 0 Å². The number of rotatable bonds is 6. The number of fused-ring (bicyclic) bond motifs is 3. The van der Waals surface area contributed by atoms with Gasteiger partial charge in [0.15, 0.2) is 5.82 Å². The standard InChI is InChI=1S/C52H38N2/c1-4-19-36(20-5-1)50-48(51(37-21-6-2-7-22-37)54-52(53-50)38-23-8-3-9-24-38)40-27-16-26-39(34-40)47-43-29-12-14-31-45(43)49(46-32-15-13-30-44(46)47)42-33-17-25-35-18-10-11-28-41(35)42/h1-10,12-27,29-31,33-34,46H,11,28,32H2. The third kappa shape index (κ3) is 5.59. The third-order valence-corrected chi connectivity index (χ3v) is 11.1. The molecule has 54 heavy (non-hydrogen) atoms. The van der Waals surface area contributed by atoms with Crippen molar-refractivity contribution in [3.05, 3.63) is 220 Å². The van der Waals surface area contributed by atoms with E-state index >= 15 is 0 Å². The maximum absolute atomic E-state index is 5.35. The van der Waals surface area contributed by atoms with Gasteiger partial charge in [0.2, 0.25) is 0 Å². The largest absolute Gasteiger partial charge is 0.227 e. The van der Waals surface area contributed by atoms with Gasteiger partial charge in [-0.2, -0.15) is 0 Å². The second-order valence-electron chi connectivity index (χ2n) is 14.3. The molecule has 0 amide bonds. The molecule has 256 valence electrons. The summed E-state index contributed by atoms with van der Waals surface area (Å²) in [7, 11) is 0. The zero-order valence-electron chi connectivity index (χ0n) is 30.0. The Labute approximate surface area is 316 Å². The molecule has 0 bridgehead atoms. The average Bonchev–Trinajstić information content (AvgIpc) is 3.26. The number of benzene rings is 6. The Bertz CT molecular complexity index is 2710. The quantitative estimate of drug-likeness (QED) is 0.174. The van der Waals surface area contributed by atoms with Crippen LogP contribution in [0.15, 0.2) is 188 Å². The molecule has 0 saturated carbocycles. The van der Waals surface area contributed by atoms with Gasteiger partial charge in [0, 0.05) is 28.2 Å². The van der Waals surface area contributed by atoms with Crippen LogP contribution in [0, 0.1) is 5.92 Å². The summed E-state index contributed by atoms with van der Waals surface area (Å²) in [6, 6.07) is 56.5. The lowest BCUT2D eigenvalue weighted by molar-refractivity contribution is 0.794. The molecule has 0 fully saturated rings. The summed E-state index contributed by atoms with van der Waals surface area (Å²) in [6.45, 7) is 0. The van der Waals surface area contributed by atoms with Gasteiger partial charge >= 0.3 is 0 Å². The zero-order valence-corrected chi connectivity index (χ0v) is 30.0. The highest BCUT2D eigenvalue weighted by atomic mass is 14.9. The lowest BCUT2D eigenvalue weighted by Crippen LogP contribution is -2.38. The molecule has 6 aromatic carbocycles. The van der Waals surface area contributed by atoms with Crippen LogP contribution in [0.2, 0.25) is 0 Å². The Hall–Kier alpha value is -6.64. The number of hydrogen-bond donors (Lipinski definition) is 0. The van der Waals surface area contributed by atoms with Crippen molar-refractivity contribution >= 4 is 17.2 Å². The van der Waals surface area contributed by atoms with Crippen molar-refractivity contribution in [1.82, 2.24) is 9.97 Å². The Morgan fingerprint density at radius 3 is 1.85 bits per heavy atom. The number of hydrogen-bond acceptors (Lipinski definition) is 2. The molecule has 2 heteroatoms. The second-order valence-corrected chi connectivity index (χ2v) is 14.3. The average molecular weight is 691 g/mol. The van der Waals surface area contributed by atoms with Crippen LogP contribution in [0.25, 0.3) is 62.3 Å². The second kappa shape index (κ2) is 13.7. The van der Waals surface area contributed by atoms with Crippen LogP contribution in [0.4, 0.5) is 0 Å². The summed E-state index contributed by atoms with van der Waals surface area (Å²) < 4.78 is 0. The van der Waals surface area contributed by atoms with Crippen molar-refractivity contribution in [2.75, 3.05) is 0 Å². The molecule has 0 radical (unpaired) electrons. The number of allylic oxidation sites excluding steroid dienone is 5. The summed E-state index contributed by atoms with van der Waals surface area (Å²) in [4.78, 5) is 10.7. The van der Waals surface area contributed by atoms with Crippen molar-refractivity contribution in [3.63, 3.8) is 0 Å². The molecule has 1 aromatic heterocycles. The zero-order chi connectivity index (χ0) is 35.8. The minimum absolute atomic E-state index is 0.259. The summed E-state index contributed by atoms with van der Waals surface area (Å²) >= 11 is 0. The van der Waals surface area contributed by atoms with Gasteiger partial charge in [-0.1, -0.05) is 182 Å². The molecule has 1 atom stereocenters. The van der Waals surface area contributed by atoms with Gasteiger partial charge in [-0.3, -0.25) is 0 Å². The van der Waals surface area contributed by atoms with E-state index in [1.165, 1.54) is 49.4 Å². The predicted molar refractivity (Wildman–Crippen MR) is 224 cm³/mol. The Balaban J connectivity index is 1.25. The molecule has 0 saturated heterocycles. The third-order valence-electron chi connectivity index (χ3n) is 11.1. The van der Waals surface area contributed by atoms with E-state index in [2.05, 4.69) is 182 Å². The van der Waals surface area contributed by atoms with Crippen molar-refractivity contribution in [1.29, 1.82) is 0 Å². The molecular formula is C52H38N2. The van der Waals surface area contributed by atoms with E-state index in [4.69, 9.17) is 9.97 Å². The molecule has 0 aliphatic heterocycles. The van der Waals surface area contributed by atoms with Crippen LogP contribution < -0.4 is 10.4 Å². The molecule has 3 aliphatic carbocycles. The van der Waals surface area contributed by atoms with Gasteiger partial charge < -0.3 is 0 Å². The van der Waals surface area contributed by atoms with Crippen molar-refractivity contribution in [3.8, 4) is 45.0 Å². The minimum Gasteiger partial charge on any atom is -0.227 e. The van der Waals surface area contributed by atoms with Gasteiger partial charge in [-0.15, -0.1) is 0 Å². The highest BCUT2D eigenvalue weighted by Gasteiger charge is 2.31. The number of nitrogens with zero attached hydrogens (tertiary/aromatic N) is 2. The van der Waals surface area contributed by atoms with E-state index in [9.17, 15) is 0 Å². The first-order valence-electron chi connectivity index (χ1n) is 19.0. The van der Waals surface area contributed by atoms with E-state index in [1.54, 1.807) is 0 Å². The lowest BCUT2D eigenvalue weighted by Gasteiger charge is -2.32. The molecule has 2 nitrogen and oxygen atoms in total. The first-order valence-corrected chi connectivity index (χ1v) is 19.0. The van der Waals surface area contributed by atoms with Gasteiger partial charge in [-0.25, -0.2) is 9.97 Å². The molecule has 10 rings (SSSR count). The fourth-order valence-corrected chi connectivity index (χ4v) is 8.72. The van der Waals surface area contributed by atoms with Crippen molar-refractivity contribution < 1.29 is 0 Å².